The molecule has 0 spiro atoms. The Hall–Kier alpha value is -0.0800. The van der Waals surface area contributed by atoms with E-state index in [2.05, 4.69) is 41.5 Å². The third-order valence-corrected chi connectivity index (χ3v) is 13.2. The van der Waals surface area contributed by atoms with Gasteiger partial charge in [-0.15, -0.1) is 0 Å². The third kappa shape index (κ3) is 30.4. The van der Waals surface area contributed by atoms with Gasteiger partial charge in [0.25, 0.3) is 0 Å². The van der Waals surface area contributed by atoms with Crippen LogP contribution in [0, 0.1) is 0 Å². The number of hydrogen-bond donors (Lipinski definition) is 0. The molecule has 2 nitrogen and oxygen atoms in total. The molecule has 0 aliphatic rings. The van der Waals surface area contributed by atoms with Gasteiger partial charge in [0.15, 0.2) is 0 Å². The molecule has 2 heteroatoms. The van der Waals surface area contributed by atoms with E-state index in [1.807, 2.05) is 0 Å². The van der Waals surface area contributed by atoms with Gasteiger partial charge in [0.2, 0.25) is 0 Å². The quantitative estimate of drug-likeness (QED) is 0.0437. The third-order valence-electron chi connectivity index (χ3n) is 13.2. The number of unbranched alkanes of at least 4 members (excludes halogenated alkanes) is 31. The van der Waals surface area contributed by atoms with Crippen molar-refractivity contribution in [3.63, 3.8) is 0 Å². The summed E-state index contributed by atoms with van der Waals surface area (Å²) in [5.41, 5.74) is 0. The maximum Gasteiger partial charge on any atom is 0.0786 e. The molecule has 0 saturated carbocycles. The summed E-state index contributed by atoms with van der Waals surface area (Å²) in [6.45, 7) is 25.5. The molecule has 0 heterocycles. The van der Waals surface area contributed by atoms with Gasteiger partial charge in [-0.3, -0.25) is 0 Å². The predicted octanol–water partition coefficient (Wildman–Crippen LogP) is 16.0. The van der Waals surface area contributed by atoms with E-state index in [0.717, 1.165) is 0 Å². The molecular weight excluding hydrogens is 605 g/mol. The van der Waals surface area contributed by atoms with Crippen LogP contribution in [0.3, 0.4) is 0 Å². The Morgan fingerprint density at radius 2 is 0.320 bits per heavy atom. The van der Waals surface area contributed by atoms with E-state index in [9.17, 15) is 0 Å². The van der Waals surface area contributed by atoms with Crippen molar-refractivity contribution >= 4 is 0 Å². The first-order valence-electron chi connectivity index (χ1n) is 24.3. The maximum absolute atomic E-state index is 2.45. The first-order chi connectivity index (χ1) is 24.6. The Morgan fingerprint density at radius 1 is 0.180 bits per heavy atom. The van der Waals surface area contributed by atoms with E-state index in [-0.39, 0.29) is 0 Å². The van der Waals surface area contributed by atoms with Gasteiger partial charge in [-0.25, -0.2) is 0 Å². The summed E-state index contributed by atoms with van der Waals surface area (Å²) >= 11 is 0. The number of quaternary nitrogens is 2. The van der Waals surface area contributed by atoms with Crippen molar-refractivity contribution in [1.29, 1.82) is 0 Å². The zero-order chi connectivity index (χ0) is 36.7. The molecule has 0 bridgehead atoms. The highest BCUT2D eigenvalue weighted by molar-refractivity contribution is 4.54. The standard InChI is InChI=1S/C48H102N2/c1-7-13-15-17-19-21-29-33-37-41-45-49(9-3,10-4)47-43-39-35-31-27-25-23-24-26-28-32-36-40-44-48-50(11-5,12-6)46-42-38-34-30-22-20-18-16-14-8-2/h7-48H2,1-6H3/q+2. The lowest BCUT2D eigenvalue weighted by molar-refractivity contribution is -0.925. The minimum atomic E-state index is 1.34. The Balaban J connectivity index is 3.67. The molecular formula is C48H102N2+2. The molecule has 0 saturated heterocycles. The summed E-state index contributed by atoms with van der Waals surface area (Å²) in [6.07, 6.45) is 49.7. The normalized spacial score (nSPS) is 12.4. The van der Waals surface area contributed by atoms with E-state index in [0.29, 0.717) is 0 Å². The van der Waals surface area contributed by atoms with E-state index >= 15 is 0 Å². The fourth-order valence-electron chi connectivity index (χ4n) is 8.82. The van der Waals surface area contributed by atoms with Crippen LogP contribution in [0.2, 0.25) is 0 Å². The molecule has 0 fully saturated rings. The lowest BCUT2D eigenvalue weighted by atomic mass is 10.0. The smallest absolute Gasteiger partial charge is 0.0786 e. The van der Waals surface area contributed by atoms with Crippen LogP contribution in [0.15, 0.2) is 0 Å². The molecule has 0 unspecified atom stereocenters. The van der Waals surface area contributed by atoms with E-state index in [1.54, 1.807) is 0 Å². The lowest BCUT2D eigenvalue weighted by Crippen LogP contribution is -2.49. The largest absolute Gasteiger partial charge is 0.324 e. The van der Waals surface area contributed by atoms with Crippen molar-refractivity contribution in [2.75, 3.05) is 52.4 Å². The Morgan fingerprint density at radius 3 is 0.460 bits per heavy atom. The molecule has 0 aliphatic heterocycles. The van der Waals surface area contributed by atoms with Gasteiger partial charge in [0.1, 0.15) is 0 Å². The second kappa shape index (κ2) is 38.6. The van der Waals surface area contributed by atoms with Crippen molar-refractivity contribution in [3.8, 4) is 0 Å². The molecule has 0 aromatic heterocycles. The van der Waals surface area contributed by atoms with Crippen molar-refractivity contribution in [2.24, 2.45) is 0 Å². The van der Waals surface area contributed by atoms with E-state index < -0.39 is 0 Å². The molecule has 0 radical (unpaired) electrons. The first kappa shape index (κ1) is 49.9. The van der Waals surface area contributed by atoms with Crippen molar-refractivity contribution in [3.05, 3.63) is 0 Å². The number of hydrogen-bond acceptors (Lipinski definition) is 0. The van der Waals surface area contributed by atoms with Crippen LogP contribution in [0.5, 0.6) is 0 Å². The molecule has 0 aromatic carbocycles. The maximum atomic E-state index is 2.45. The predicted molar refractivity (Wildman–Crippen MR) is 230 cm³/mol. The van der Waals surface area contributed by atoms with Gasteiger partial charge < -0.3 is 8.97 Å². The molecule has 0 rings (SSSR count). The average molecular weight is 707 g/mol. The van der Waals surface area contributed by atoms with E-state index in [4.69, 9.17) is 0 Å². The summed E-state index contributed by atoms with van der Waals surface area (Å²) in [5.74, 6) is 0. The Bertz CT molecular complexity index is 568. The molecule has 0 aliphatic carbocycles. The van der Waals surface area contributed by atoms with Crippen molar-refractivity contribution in [2.45, 2.75) is 260 Å². The second-order valence-corrected chi connectivity index (χ2v) is 17.2. The van der Waals surface area contributed by atoms with Gasteiger partial charge in [-0.1, -0.05) is 181 Å². The monoisotopic (exact) mass is 707 g/mol. The van der Waals surface area contributed by atoms with Gasteiger partial charge in [-0.05, 0) is 79.1 Å². The number of rotatable bonds is 43. The summed E-state index contributed by atoms with van der Waals surface area (Å²) < 4.78 is 2.77. The molecule has 50 heavy (non-hydrogen) atoms. The number of nitrogens with zero attached hydrogens (tertiary/aromatic N) is 2. The molecule has 0 N–H and O–H groups in total. The molecule has 0 atom stereocenters. The second-order valence-electron chi connectivity index (χ2n) is 17.2. The summed E-state index contributed by atoms with van der Waals surface area (Å²) in [4.78, 5) is 0. The van der Waals surface area contributed by atoms with Crippen LogP contribution >= 0.6 is 0 Å². The summed E-state index contributed by atoms with van der Waals surface area (Å²) in [7, 11) is 0. The van der Waals surface area contributed by atoms with Crippen LogP contribution in [0.1, 0.15) is 260 Å². The first-order valence-corrected chi connectivity index (χ1v) is 24.3. The van der Waals surface area contributed by atoms with Gasteiger partial charge >= 0.3 is 0 Å². The van der Waals surface area contributed by atoms with Gasteiger partial charge in [-0.2, -0.15) is 0 Å². The van der Waals surface area contributed by atoms with Crippen LogP contribution < -0.4 is 0 Å². The highest BCUT2D eigenvalue weighted by Gasteiger charge is 2.22. The summed E-state index contributed by atoms with van der Waals surface area (Å²) in [6, 6.07) is 0. The Labute approximate surface area is 320 Å². The van der Waals surface area contributed by atoms with Crippen LogP contribution in [0.4, 0.5) is 0 Å². The Kier molecular flexibility index (Phi) is 38.6. The van der Waals surface area contributed by atoms with E-state index in [1.165, 1.54) is 280 Å². The van der Waals surface area contributed by atoms with Gasteiger partial charge in [0, 0.05) is 0 Å². The average Bonchev–Trinajstić information content (AvgIpc) is 3.14. The molecule has 0 aromatic rings. The van der Waals surface area contributed by atoms with Crippen LogP contribution in [0.25, 0.3) is 0 Å². The highest BCUT2D eigenvalue weighted by atomic mass is 15.3. The fraction of sp³-hybridized carbons (Fsp3) is 1.00. The fourth-order valence-corrected chi connectivity index (χ4v) is 8.82. The summed E-state index contributed by atoms with van der Waals surface area (Å²) in [5, 5.41) is 0. The van der Waals surface area contributed by atoms with Crippen LogP contribution in [-0.4, -0.2) is 61.3 Å². The lowest BCUT2D eigenvalue weighted by Gasteiger charge is -2.37. The highest BCUT2D eigenvalue weighted by Crippen LogP contribution is 2.19. The molecule has 302 valence electrons. The SMILES string of the molecule is CCCCCCCCCCCC[N+](CC)(CC)CCCCCCCCCCCCCCCC[N+](CC)(CC)CCCCCCCCCCCC. The molecule has 0 amide bonds. The minimum absolute atomic E-state index is 1.34. The van der Waals surface area contributed by atoms with Gasteiger partial charge in [0.05, 0.1) is 52.4 Å². The van der Waals surface area contributed by atoms with Crippen LogP contribution in [-0.2, 0) is 0 Å². The minimum Gasteiger partial charge on any atom is -0.324 e. The topological polar surface area (TPSA) is 0 Å². The van der Waals surface area contributed by atoms with Crippen molar-refractivity contribution in [1.82, 2.24) is 0 Å². The van der Waals surface area contributed by atoms with Crippen molar-refractivity contribution < 1.29 is 8.97 Å². The zero-order valence-electron chi connectivity index (χ0n) is 36.6. The zero-order valence-corrected chi connectivity index (χ0v) is 36.6.